The maximum Gasteiger partial charge on any atom is 0.219 e. The van der Waals surface area contributed by atoms with E-state index >= 15 is 0 Å². The number of nitrogens with zero attached hydrogens (tertiary/aromatic N) is 1. The Morgan fingerprint density at radius 1 is 1.31 bits per heavy atom. The van der Waals surface area contributed by atoms with Crippen molar-refractivity contribution in [2.24, 2.45) is 11.8 Å². The normalized spacial score (nSPS) is 38.9. The molecule has 0 radical (unpaired) electrons. The molecule has 0 N–H and O–H groups in total. The van der Waals surface area contributed by atoms with Gasteiger partial charge < -0.3 is 4.90 Å². The standard InChI is InChI=1S/C10H16BrNO/c1-7(13)12-5-8-2-3-10(11)4-9(8)6-12/h8-10H,2-6H2,1H3. The number of carbonyl (C=O) groups excluding carboxylic acids is 1. The molecular weight excluding hydrogens is 230 g/mol. The summed E-state index contributed by atoms with van der Waals surface area (Å²) in [5.41, 5.74) is 0. The lowest BCUT2D eigenvalue weighted by Crippen LogP contribution is -2.26. The summed E-state index contributed by atoms with van der Waals surface area (Å²) >= 11 is 3.68. The van der Waals surface area contributed by atoms with Crippen LogP contribution in [0.5, 0.6) is 0 Å². The zero-order valence-electron chi connectivity index (χ0n) is 8.00. The molecule has 0 spiro atoms. The third-order valence-corrected chi connectivity index (χ3v) is 4.26. The molecule has 2 rings (SSSR count). The van der Waals surface area contributed by atoms with Gasteiger partial charge in [-0.05, 0) is 31.1 Å². The smallest absolute Gasteiger partial charge is 0.219 e. The lowest BCUT2D eigenvalue weighted by Gasteiger charge is -2.27. The summed E-state index contributed by atoms with van der Waals surface area (Å²) in [5, 5.41) is 0. The van der Waals surface area contributed by atoms with Crippen LogP contribution in [0.4, 0.5) is 0 Å². The molecule has 0 aromatic heterocycles. The van der Waals surface area contributed by atoms with E-state index in [1.807, 2.05) is 4.90 Å². The van der Waals surface area contributed by atoms with Gasteiger partial charge in [0.05, 0.1) is 0 Å². The van der Waals surface area contributed by atoms with E-state index in [9.17, 15) is 4.79 Å². The fourth-order valence-corrected chi connectivity index (χ4v) is 3.38. The van der Waals surface area contributed by atoms with Crippen molar-refractivity contribution in [3.05, 3.63) is 0 Å². The Bertz CT molecular complexity index is 219. The highest BCUT2D eigenvalue weighted by Gasteiger charge is 2.37. The fraction of sp³-hybridized carbons (Fsp3) is 0.900. The molecule has 2 nitrogen and oxygen atoms in total. The number of carbonyl (C=O) groups is 1. The molecule has 1 aliphatic heterocycles. The van der Waals surface area contributed by atoms with Crippen molar-refractivity contribution in [2.75, 3.05) is 13.1 Å². The SMILES string of the molecule is CC(=O)N1CC2CCC(Br)CC2C1. The highest BCUT2D eigenvalue weighted by atomic mass is 79.9. The van der Waals surface area contributed by atoms with Gasteiger partial charge in [0.25, 0.3) is 0 Å². The number of rotatable bonds is 0. The van der Waals surface area contributed by atoms with Gasteiger partial charge in [-0.1, -0.05) is 15.9 Å². The quantitative estimate of drug-likeness (QED) is 0.599. The molecule has 3 atom stereocenters. The molecule has 0 aromatic rings. The van der Waals surface area contributed by atoms with Crippen LogP contribution in [0.3, 0.4) is 0 Å². The van der Waals surface area contributed by atoms with Gasteiger partial charge in [-0.15, -0.1) is 0 Å². The van der Waals surface area contributed by atoms with Crippen LogP contribution in [0, 0.1) is 11.8 Å². The van der Waals surface area contributed by atoms with E-state index in [1.165, 1.54) is 19.3 Å². The Hall–Kier alpha value is -0.0500. The van der Waals surface area contributed by atoms with Crippen LogP contribution in [0.2, 0.25) is 0 Å². The summed E-state index contributed by atoms with van der Waals surface area (Å²) in [6.07, 6.45) is 3.84. The summed E-state index contributed by atoms with van der Waals surface area (Å²) in [5.74, 6) is 1.81. The van der Waals surface area contributed by atoms with Crippen LogP contribution in [-0.2, 0) is 4.79 Å². The number of fused-ring (bicyclic) bond motifs is 1. The Morgan fingerprint density at radius 2 is 2.00 bits per heavy atom. The number of amides is 1. The molecule has 3 unspecified atom stereocenters. The first-order valence-electron chi connectivity index (χ1n) is 5.06. The minimum absolute atomic E-state index is 0.250. The second kappa shape index (κ2) is 3.60. The molecule has 74 valence electrons. The van der Waals surface area contributed by atoms with Gasteiger partial charge in [0, 0.05) is 24.8 Å². The largest absolute Gasteiger partial charge is 0.342 e. The van der Waals surface area contributed by atoms with E-state index in [4.69, 9.17) is 0 Å². The summed E-state index contributed by atoms with van der Waals surface area (Å²) in [7, 11) is 0. The molecule has 0 aromatic carbocycles. The first-order chi connectivity index (χ1) is 6.16. The van der Waals surface area contributed by atoms with Crippen molar-refractivity contribution < 1.29 is 4.79 Å². The number of halogens is 1. The average molecular weight is 246 g/mol. The Labute approximate surface area is 87.8 Å². The van der Waals surface area contributed by atoms with E-state index in [1.54, 1.807) is 6.92 Å². The van der Waals surface area contributed by atoms with Crippen molar-refractivity contribution in [1.29, 1.82) is 0 Å². The van der Waals surface area contributed by atoms with Crippen LogP contribution in [0.1, 0.15) is 26.2 Å². The Balaban J connectivity index is 1.98. The van der Waals surface area contributed by atoms with Gasteiger partial charge in [0.15, 0.2) is 0 Å². The fourth-order valence-electron chi connectivity index (χ4n) is 2.63. The first-order valence-corrected chi connectivity index (χ1v) is 5.98. The van der Waals surface area contributed by atoms with Crippen LogP contribution >= 0.6 is 15.9 Å². The zero-order chi connectivity index (χ0) is 9.42. The van der Waals surface area contributed by atoms with E-state index in [2.05, 4.69) is 15.9 Å². The molecule has 2 fully saturated rings. The van der Waals surface area contributed by atoms with E-state index < -0.39 is 0 Å². The second-order valence-corrected chi connectivity index (χ2v) is 5.65. The summed E-state index contributed by atoms with van der Waals surface area (Å²) in [6, 6.07) is 0. The highest BCUT2D eigenvalue weighted by molar-refractivity contribution is 9.09. The van der Waals surface area contributed by atoms with E-state index in [0.29, 0.717) is 4.83 Å². The second-order valence-electron chi connectivity index (χ2n) is 4.35. The zero-order valence-corrected chi connectivity index (χ0v) is 9.59. The Morgan fingerprint density at radius 3 is 2.69 bits per heavy atom. The number of alkyl halides is 1. The molecule has 1 amide bonds. The van der Waals surface area contributed by atoms with Crippen molar-refractivity contribution in [3.8, 4) is 0 Å². The highest BCUT2D eigenvalue weighted by Crippen LogP contribution is 2.38. The summed E-state index contributed by atoms with van der Waals surface area (Å²) < 4.78 is 0. The van der Waals surface area contributed by atoms with Crippen LogP contribution < -0.4 is 0 Å². The summed E-state index contributed by atoms with van der Waals surface area (Å²) in [4.78, 5) is 13.9. The maximum absolute atomic E-state index is 11.2. The molecule has 1 saturated heterocycles. The molecule has 1 aliphatic carbocycles. The molecule has 1 heterocycles. The molecule has 1 saturated carbocycles. The average Bonchev–Trinajstić information content (AvgIpc) is 2.46. The Kier molecular flexibility index (Phi) is 2.63. The van der Waals surface area contributed by atoms with Gasteiger partial charge in [0.1, 0.15) is 0 Å². The number of hydrogen-bond acceptors (Lipinski definition) is 1. The van der Waals surface area contributed by atoms with Crippen molar-refractivity contribution >= 4 is 21.8 Å². The van der Waals surface area contributed by atoms with E-state index in [0.717, 1.165) is 24.9 Å². The van der Waals surface area contributed by atoms with Crippen molar-refractivity contribution in [1.82, 2.24) is 4.90 Å². The molecule has 3 heteroatoms. The third kappa shape index (κ3) is 1.90. The monoisotopic (exact) mass is 245 g/mol. The number of hydrogen-bond donors (Lipinski definition) is 0. The van der Waals surface area contributed by atoms with Crippen LogP contribution in [0.25, 0.3) is 0 Å². The summed E-state index contributed by atoms with van der Waals surface area (Å²) in [6.45, 7) is 3.70. The minimum atomic E-state index is 0.250. The molecule has 2 aliphatic rings. The lowest BCUT2D eigenvalue weighted by atomic mass is 9.82. The topological polar surface area (TPSA) is 20.3 Å². The molecule has 0 bridgehead atoms. The third-order valence-electron chi connectivity index (χ3n) is 3.43. The molecule has 13 heavy (non-hydrogen) atoms. The predicted molar refractivity (Wildman–Crippen MR) is 55.8 cm³/mol. The van der Waals surface area contributed by atoms with Gasteiger partial charge in [-0.3, -0.25) is 4.79 Å². The molecular formula is C10H16BrNO. The predicted octanol–water partition coefficient (Wildman–Crippen LogP) is 2.03. The first kappa shape index (κ1) is 9.50. The lowest BCUT2D eigenvalue weighted by molar-refractivity contribution is -0.128. The van der Waals surface area contributed by atoms with Gasteiger partial charge in [0.2, 0.25) is 5.91 Å². The van der Waals surface area contributed by atoms with Gasteiger partial charge >= 0.3 is 0 Å². The van der Waals surface area contributed by atoms with Crippen LogP contribution in [0.15, 0.2) is 0 Å². The van der Waals surface area contributed by atoms with Gasteiger partial charge in [-0.25, -0.2) is 0 Å². The number of likely N-dealkylation sites (tertiary alicyclic amines) is 1. The minimum Gasteiger partial charge on any atom is -0.342 e. The van der Waals surface area contributed by atoms with Gasteiger partial charge in [-0.2, -0.15) is 0 Å². The van der Waals surface area contributed by atoms with Crippen molar-refractivity contribution in [3.63, 3.8) is 0 Å². The maximum atomic E-state index is 11.2. The van der Waals surface area contributed by atoms with Crippen LogP contribution in [-0.4, -0.2) is 28.7 Å². The van der Waals surface area contributed by atoms with E-state index in [-0.39, 0.29) is 5.91 Å². The van der Waals surface area contributed by atoms with Crippen molar-refractivity contribution in [2.45, 2.75) is 31.0 Å².